The standard InChI is InChI=1S/C18H23N3O/c1-16-12-19-21(13-16)15-18-14-20(10-11-22-18)9-5-8-17-6-3-2-4-7-17/h2-8,12-13,18H,9-11,14-15H2,1H3. The van der Waals surface area contributed by atoms with Gasteiger partial charge in [-0.1, -0.05) is 42.5 Å². The Balaban J connectivity index is 1.49. The molecule has 4 heteroatoms. The second-order valence-corrected chi connectivity index (χ2v) is 5.81. The van der Waals surface area contributed by atoms with Crippen LogP contribution in [0.25, 0.3) is 6.08 Å². The first-order chi connectivity index (χ1) is 10.8. The van der Waals surface area contributed by atoms with E-state index in [-0.39, 0.29) is 6.10 Å². The Morgan fingerprint density at radius 1 is 1.32 bits per heavy atom. The first kappa shape index (κ1) is 15.0. The summed E-state index contributed by atoms with van der Waals surface area (Å²) in [7, 11) is 0. The van der Waals surface area contributed by atoms with Gasteiger partial charge in [-0.2, -0.15) is 5.10 Å². The molecule has 1 aliphatic heterocycles. The molecule has 1 aromatic carbocycles. The maximum absolute atomic E-state index is 5.86. The van der Waals surface area contributed by atoms with Crippen molar-refractivity contribution in [1.29, 1.82) is 0 Å². The van der Waals surface area contributed by atoms with Gasteiger partial charge in [-0.25, -0.2) is 0 Å². The topological polar surface area (TPSA) is 30.3 Å². The summed E-state index contributed by atoms with van der Waals surface area (Å²) in [6, 6.07) is 10.4. The lowest BCUT2D eigenvalue weighted by Crippen LogP contribution is -2.44. The minimum atomic E-state index is 0.221. The van der Waals surface area contributed by atoms with E-state index in [1.807, 2.05) is 16.9 Å². The molecule has 2 heterocycles. The molecular weight excluding hydrogens is 274 g/mol. The third-order valence-corrected chi connectivity index (χ3v) is 3.85. The summed E-state index contributed by atoms with van der Waals surface area (Å²) in [6.45, 7) is 6.60. The second-order valence-electron chi connectivity index (χ2n) is 5.81. The molecule has 1 fully saturated rings. The van der Waals surface area contributed by atoms with Crippen LogP contribution in [0.2, 0.25) is 0 Å². The Hall–Kier alpha value is -1.91. The average Bonchev–Trinajstić information content (AvgIpc) is 2.94. The van der Waals surface area contributed by atoms with Crippen LogP contribution < -0.4 is 0 Å². The van der Waals surface area contributed by atoms with E-state index in [0.29, 0.717) is 0 Å². The van der Waals surface area contributed by atoms with Crippen LogP contribution in [0.3, 0.4) is 0 Å². The van der Waals surface area contributed by atoms with Crippen molar-refractivity contribution in [3.8, 4) is 0 Å². The zero-order chi connectivity index (χ0) is 15.2. The fourth-order valence-electron chi connectivity index (χ4n) is 2.73. The molecule has 4 nitrogen and oxygen atoms in total. The summed E-state index contributed by atoms with van der Waals surface area (Å²) in [6.07, 6.45) is 8.59. The van der Waals surface area contributed by atoms with Crippen LogP contribution >= 0.6 is 0 Å². The van der Waals surface area contributed by atoms with Crippen LogP contribution in [-0.2, 0) is 11.3 Å². The quantitative estimate of drug-likeness (QED) is 0.850. The van der Waals surface area contributed by atoms with Crippen molar-refractivity contribution >= 4 is 6.08 Å². The van der Waals surface area contributed by atoms with Gasteiger partial charge in [-0.15, -0.1) is 0 Å². The van der Waals surface area contributed by atoms with Crippen molar-refractivity contribution in [3.05, 3.63) is 59.9 Å². The summed E-state index contributed by atoms with van der Waals surface area (Å²) < 4.78 is 7.83. The van der Waals surface area contributed by atoms with Crippen molar-refractivity contribution in [3.63, 3.8) is 0 Å². The molecule has 22 heavy (non-hydrogen) atoms. The van der Waals surface area contributed by atoms with Crippen LogP contribution in [0.4, 0.5) is 0 Å². The summed E-state index contributed by atoms with van der Waals surface area (Å²) >= 11 is 0. The van der Waals surface area contributed by atoms with Crippen molar-refractivity contribution in [1.82, 2.24) is 14.7 Å². The van der Waals surface area contributed by atoms with Gasteiger partial charge < -0.3 is 4.74 Å². The molecule has 0 radical (unpaired) electrons. The van der Waals surface area contributed by atoms with Crippen LogP contribution in [0.1, 0.15) is 11.1 Å². The maximum atomic E-state index is 5.86. The summed E-state index contributed by atoms with van der Waals surface area (Å²) in [5.41, 5.74) is 2.44. The fourth-order valence-corrected chi connectivity index (χ4v) is 2.73. The van der Waals surface area contributed by atoms with E-state index in [4.69, 9.17) is 4.74 Å². The zero-order valence-corrected chi connectivity index (χ0v) is 13.1. The lowest BCUT2D eigenvalue weighted by Gasteiger charge is -2.32. The monoisotopic (exact) mass is 297 g/mol. The minimum absolute atomic E-state index is 0.221. The van der Waals surface area contributed by atoms with Crippen molar-refractivity contribution in [2.75, 3.05) is 26.2 Å². The van der Waals surface area contributed by atoms with E-state index in [2.05, 4.69) is 59.5 Å². The Morgan fingerprint density at radius 3 is 2.95 bits per heavy atom. The Labute approximate surface area is 132 Å². The predicted molar refractivity (Wildman–Crippen MR) is 88.6 cm³/mol. The zero-order valence-electron chi connectivity index (χ0n) is 13.1. The lowest BCUT2D eigenvalue weighted by atomic mass is 10.2. The van der Waals surface area contributed by atoms with Crippen LogP contribution in [-0.4, -0.2) is 47.0 Å². The number of aromatic nitrogens is 2. The normalized spacial score (nSPS) is 19.8. The molecule has 0 spiro atoms. The van der Waals surface area contributed by atoms with E-state index < -0.39 is 0 Å². The smallest absolute Gasteiger partial charge is 0.0898 e. The van der Waals surface area contributed by atoms with Gasteiger partial charge in [0.05, 0.1) is 25.5 Å². The molecule has 2 aromatic rings. The van der Waals surface area contributed by atoms with Gasteiger partial charge >= 0.3 is 0 Å². The van der Waals surface area contributed by atoms with E-state index >= 15 is 0 Å². The molecule has 1 saturated heterocycles. The van der Waals surface area contributed by atoms with E-state index in [1.165, 1.54) is 11.1 Å². The Kier molecular flexibility index (Phi) is 5.03. The van der Waals surface area contributed by atoms with Gasteiger partial charge in [0.1, 0.15) is 0 Å². The SMILES string of the molecule is Cc1cnn(CC2CN(CC=Cc3ccccc3)CCO2)c1. The summed E-state index contributed by atoms with van der Waals surface area (Å²) in [5.74, 6) is 0. The highest BCUT2D eigenvalue weighted by Crippen LogP contribution is 2.09. The highest BCUT2D eigenvalue weighted by atomic mass is 16.5. The molecule has 1 aromatic heterocycles. The minimum Gasteiger partial charge on any atom is -0.374 e. The lowest BCUT2D eigenvalue weighted by molar-refractivity contribution is -0.0337. The summed E-state index contributed by atoms with van der Waals surface area (Å²) in [5, 5.41) is 4.34. The van der Waals surface area contributed by atoms with Gasteiger partial charge in [0, 0.05) is 25.8 Å². The number of morpholine rings is 1. The Bertz CT molecular complexity index is 606. The average molecular weight is 297 g/mol. The molecule has 116 valence electrons. The first-order valence-corrected chi connectivity index (χ1v) is 7.84. The van der Waals surface area contributed by atoms with Crippen molar-refractivity contribution < 1.29 is 4.74 Å². The van der Waals surface area contributed by atoms with Gasteiger partial charge in [-0.3, -0.25) is 9.58 Å². The molecule has 1 atom stereocenters. The number of nitrogens with zero attached hydrogens (tertiary/aromatic N) is 3. The first-order valence-electron chi connectivity index (χ1n) is 7.84. The molecular formula is C18H23N3O. The second kappa shape index (κ2) is 7.38. The predicted octanol–water partition coefficient (Wildman–Crippen LogP) is 2.61. The molecule has 0 saturated carbocycles. The molecule has 0 amide bonds. The van der Waals surface area contributed by atoms with Gasteiger partial charge in [0.25, 0.3) is 0 Å². The third kappa shape index (κ3) is 4.29. The number of hydrogen-bond acceptors (Lipinski definition) is 3. The Morgan fingerprint density at radius 2 is 2.18 bits per heavy atom. The molecule has 1 aliphatic rings. The van der Waals surface area contributed by atoms with Crippen LogP contribution in [0.15, 0.2) is 48.8 Å². The largest absolute Gasteiger partial charge is 0.374 e. The van der Waals surface area contributed by atoms with E-state index in [1.54, 1.807) is 0 Å². The van der Waals surface area contributed by atoms with E-state index in [9.17, 15) is 0 Å². The molecule has 0 aliphatic carbocycles. The maximum Gasteiger partial charge on any atom is 0.0898 e. The van der Waals surface area contributed by atoms with Crippen LogP contribution in [0, 0.1) is 6.92 Å². The van der Waals surface area contributed by atoms with E-state index in [0.717, 1.165) is 32.8 Å². The third-order valence-electron chi connectivity index (χ3n) is 3.85. The number of hydrogen-bond donors (Lipinski definition) is 0. The number of benzene rings is 1. The highest BCUT2D eigenvalue weighted by molar-refractivity contribution is 5.48. The van der Waals surface area contributed by atoms with Gasteiger partial charge in [0.15, 0.2) is 0 Å². The van der Waals surface area contributed by atoms with Crippen molar-refractivity contribution in [2.24, 2.45) is 0 Å². The molecule has 0 N–H and O–H groups in total. The van der Waals surface area contributed by atoms with Gasteiger partial charge in [-0.05, 0) is 18.1 Å². The number of ether oxygens (including phenoxy) is 1. The summed E-state index contributed by atoms with van der Waals surface area (Å²) in [4.78, 5) is 2.43. The highest BCUT2D eigenvalue weighted by Gasteiger charge is 2.20. The number of aryl methyl sites for hydroxylation is 1. The molecule has 0 bridgehead atoms. The number of rotatable bonds is 5. The molecule has 1 unspecified atom stereocenters. The van der Waals surface area contributed by atoms with Gasteiger partial charge in [0.2, 0.25) is 0 Å². The fraction of sp³-hybridized carbons (Fsp3) is 0.389. The van der Waals surface area contributed by atoms with Crippen molar-refractivity contribution in [2.45, 2.75) is 19.6 Å². The van der Waals surface area contributed by atoms with Crippen LogP contribution in [0.5, 0.6) is 0 Å². The molecule has 3 rings (SSSR count).